The van der Waals surface area contributed by atoms with Crippen LogP contribution in [0, 0.1) is 0 Å². The molecule has 0 aromatic carbocycles. The van der Waals surface area contributed by atoms with Gasteiger partial charge in [0.25, 0.3) is 0 Å². The van der Waals surface area contributed by atoms with Gasteiger partial charge in [0, 0.05) is 0 Å². The number of aliphatic hydroxyl groups is 2. The van der Waals surface area contributed by atoms with E-state index in [0.717, 1.165) is 0 Å². The second kappa shape index (κ2) is 6.09. The molecule has 0 saturated carbocycles. The van der Waals surface area contributed by atoms with Gasteiger partial charge in [0.1, 0.15) is 5.54 Å². The fourth-order valence-corrected chi connectivity index (χ4v) is 0. The molecule has 0 aliphatic heterocycles. The van der Waals surface area contributed by atoms with Crippen molar-refractivity contribution in [3.63, 3.8) is 0 Å². The first kappa shape index (κ1) is 13.0. The molecule has 0 saturated heterocycles. The number of aliphatic hydroxyl groups excluding tert-OH is 2. The number of nitrogens with two attached hydrogens (primary N) is 1. The summed E-state index contributed by atoms with van der Waals surface area (Å²) in [7, 11) is 0. The smallest absolute Gasteiger partial charge is 0.323 e. The molecule has 0 rings (SSSR count). The van der Waals surface area contributed by atoms with Crippen molar-refractivity contribution in [1.29, 1.82) is 0 Å². The topological polar surface area (TPSA) is 104 Å². The van der Waals surface area contributed by atoms with Gasteiger partial charge in [-0.05, 0) is 13.8 Å². The van der Waals surface area contributed by atoms with Crippen LogP contribution in [-0.4, -0.2) is 40.0 Å². The third-order valence-corrected chi connectivity index (χ3v) is 0.651. The van der Waals surface area contributed by atoms with Crippen molar-refractivity contribution in [3.05, 3.63) is 0 Å². The lowest BCUT2D eigenvalue weighted by atomic mass is 10.1. The van der Waals surface area contributed by atoms with Crippen LogP contribution >= 0.6 is 0 Å². The van der Waals surface area contributed by atoms with E-state index in [4.69, 9.17) is 21.1 Å². The van der Waals surface area contributed by atoms with Crippen LogP contribution in [0.3, 0.4) is 0 Å². The minimum Gasteiger partial charge on any atom is -0.480 e. The number of aliphatic carboxylic acids is 1. The Morgan fingerprint density at radius 2 is 1.55 bits per heavy atom. The minimum atomic E-state index is -1.08. The summed E-state index contributed by atoms with van der Waals surface area (Å²) in [5, 5.41) is 23.4. The molecular weight excluding hydrogens is 150 g/mol. The Bertz CT molecular complexity index is 106. The lowest BCUT2D eigenvalue weighted by Gasteiger charge is -2.09. The van der Waals surface area contributed by atoms with Gasteiger partial charge in [-0.25, -0.2) is 0 Å². The average molecular weight is 165 g/mol. The number of carboxylic acids is 1. The van der Waals surface area contributed by atoms with Crippen LogP contribution in [0.15, 0.2) is 0 Å². The molecule has 5 nitrogen and oxygen atoms in total. The van der Waals surface area contributed by atoms with E-state index in [1.54, 1.807) is 0 Å². The highest BCUT2D eigenvalue weighted by Crippen LogP contribution is 1.93. The number of carbonyl (C=O) groups is 1. The van der Waals surface area contributed by atoms with Gasteiger partial charge in [0.15, 0.2) is 0 Å². The Balaban J connectivity index is 0. The first-order valence-electron chi connectivity index (χ1n) is 3.10. The summed E-state index contributed by atoms with van der Waals surface area (Å²) in [6.07, 6.45) is 0. The maximum Gasteiger partial charge on any atom is 0.323 e. The molecule has 0 unspecified atom stereocenters. The van der Waals surface area contributed by atoms with Crippen LogP contribution in [0.1, 0.15) is 13.8 Å². The molecule has 0 aromatic rings. The lowest BCUT2D eigenvalue weighted by molar-refractivity contribution is -0.141. The molecule has 0 atom stereocenters. The summed E-state index contributed by atoms with van der Waals surface area (Å²) in [5.74, 6) is -0.979. The van der Waals surface area contributed by atoms with E-state index in [0.29, 0.717) is 0 Å². The molecule has 5 N–H and O–H groups in total. The van der Waals surface area contributed by atoms with Crippen LogP contribution in [0.2, 0.25) is 0 Å². The van der Waals surface area contributed by atoms with Gasteiger partial charge in [-0.15, -0.1) is 0 Å². The number of hydrogen-bond donors (Lipinski definition) is 4. The first-order chi connectivity index (χ1) is 4.86. The number of rotatable bonds is 2. The van der Waals surface area contributed by atoms with Crippen LogP contribution in [-0.2, 0) is 4.79 Å². The molecule has 11 heavy (non-hydrogen) atoms. The zero-order valence-electron chi connectivity index (χ0n) is 6.74. The normalized spacial score (nSPS) is 9.91. The molecule has 0 amide bonds. The Hall–Kier alpha value is -0.650. The van der Waals surface area contributed by atoms with E-state index >= 15 is 0 Å². The van der Waals surface area contributed by atoms with Crippen LogP contribution in [0.25, 0.3) is 0 Å². The van der Waals surface area contributed by atoms with Gasteiger partial charge in [-0.1, -0.05) is 0 Å². The average Bonchev–Trinajstić information content (AvgIpc) is 1.87. The molecule has 68 valence electrons. The Morgan fingerprint density at radius 1 is 1.36 bits per heavy atom. The van der Waals surface area contributed by atoms with E-state index in [9.17, 15) is 4.79 Å². The predicted molar refractivity (Wildman–Crippen MR) is 40.1 cm³/mol. The van der Waals surface area contributed by atoms with Crippen LogP contribution < -0.4 is 5.73 Å². The second-order valence-corrected chi connectivity index (χ2v) is 2.47. The molecule has 5 heteroatoms. The molecule has 0 radical (unpaired) electrons. The predicted octanol–water partition coefficient (Wildman–Crippen LogP) is -1.22. The van der Waals surface area contributed by atoms with E-state index in [-0.39, 0.29) is 13.2 Å². The summed E-state index contributed by atoms with van der Waals surface area (Å²) in [4.78, 5) is 9.90. The summed E-state index contributed by atoms with van der Waals surface area (Å²) < 4.78 is 0. The number of hydrogen-bond acceptors (Lipinski definition) is 4. The molecule has 0 fully saturated rings. The van der Waals surface area contributed by atoms with E-state index in [1.807, 2.05) is 0 Å². The largest absolute Gasteiger partial charge is 0.480 e. The second-order valence-electron chi connectivity index (χ2n) is 2.47. The molecule has 0 heterocycles. The van der Waals surface area contributed by atoms with Crippen LogP contribution in [0.4, 0.5) is 0 Å². The lowest BCUT2D eigenvalue weighted by Crippen LogP contribution is -2.41. The van der Waals surface area contributed by atoms with Crippen molar-refractivity contribution in [2.75, 3.05) is 13.2 Å². The number of carboxylic acid groups (broad SMARTS) is 1. The van der Waals surface area contributed by atoms with Gasteiger partial charge in [0.2, 0.25) is 0 Å². The highest BCUT2D eigenvalue weighted by atomic mass is 16.4. The molecule has 0 aliphatic carbocycles. The molecular formula is C6H15NO4. The van der Waals surface area contributed by atoms with Gasteiger partial charge in [-0.3, -0.25) is 4.79 Å². The summed E-state index contributed by atoms with van der Waals surface area (Å²) in [5.41, 5.74) is 4.00. The maximum atomic E-state index is 9.90. The summed E-state index contributed by atoms with van der Waals surface area (Å²) in [6.45, 7) is 2.63. The molecule has 0 aliphatic rings. The monoisotopic (exact) mass is 165 g/mol. The zero-order chi connectivity index (χ0) is 9.49. The van der Waals surface area contributed by atoms with Gasteiger partial charge in [-0.2, -0.15) is 0 Å². The quantitative estimate of drug-likeness (QED) is 0.410. The zero-order valence-corrected chi connectivity index (χ0v) is 6.74. The van der Waals surface area contributed by atoms with E-state index < -0.39 is 11.5 Å². The fourth-order valence-electron chi connectivity index (χ4n) is 0. The van der Waals surface area contributed by atoms with Crippen molar-refractivity contribution >= 4 is 5.97 Å². The van der Waals surface area contributed by atoms with Crippen molar-refractivity contribution in [1.82, 2.24) is 0 Å². The Kier molecular flexibility index (Phi) is 7.18. The first-order valence-corrected chi connectivity index (χ1v) is 3.10. The van der Waals surface area contributed by atoms with Gasteiger partial charge < -0.3 is 21.1 Å². The van der Waals surface area contributed by atoms with E-state index in [2.05, 4.69) is 0 Å². The van der Waals surface area contributed by atoms with Crippen molar-refractivity contribution in [2.45, 2.75) is 19.4 Å². The molecule has 0 aromatic heterocycles. The van der Waals surface area contributed by atoms with Crippen molar-refractivity contribution in [2.24, 2.45) is 5.73 Å². The third-order valence-electron chi connectivity index (χ3n) is 0.651. The Labute approximate surface area is 65.5 Å². The fraction of sp³-hybridized carbons (Fsp3) is 0.833. The third kappa shape index (κ3) is 12.5. The van der Waals surface area contributed by atoms with Crippen LogP contribution in [0.5, 0.6) is 0 Å². The molecule has 0 bridgehead atoms. The maximum absolute atomic E-state index is 9.90. The standard InChI is InChI=1S/C4H9NO2.C2H6O2/c1-4(2,5)3(6)7;3-1-2-4/h5H2,1-2H3,(H,6,7);3-4H,1-2H2. The highest BCUT2D eigenvalue weighted by molar-refractivity contribution is 5.77. The van der Waals surface area contributed by atoms with Crippen molar-refractivity contribution < 1.29 is 20.1 Å². The molecule has 0 spiro atoms. The van der Waals surface area contributed by atoms with Crippen molar-refractivity contribution in [3.8, 4) is 0 Å². The van der Waals surface area contributed by atoms with E-state index in [1.165, 1.54) is 13.8 Å². The van der Waals surface area contributed by atoms with Gasteiger partial charge >= 0.3 is 5.97 Å². The summed E-state index contributed by atoms with van der Waals surface area (Å²) in [6, 6.07) is 0. The van der Waals surface area contributed by atoms with Gasteiger partial charge in [0.05, 0.1) is 13.2 Å². The Morgan fingerprint density at radius 3 is 1.55 bits per heavy atom. The SMILES string of the molecule is CC(C)(N)C(=O)O.OCCO. The summed E-state index contributed by atoms with van der Waals surface area (Å²) >= 11 is 0. The minimum absolute atomic E-state index is 0.125. The highest BCUT2D eigenvalue weighted by Gasteiger charge is 2.19.